The first kappa shape index (κ1) is 33.4. The number of hydrogen-bond donors (Lipinski definition) is 8. The predicted octanol–water partition coefficient (Wildman–Crippen LogP) is -3.98. The maximum atomic E-state index is 11.9. The molecule has 0 unspecified atom stereocenters. The standard InChI is InChI=1S/C12H17N3O5.C9H13N3O5.H2O4S/c1-12(2)19-8-6(5-16)18-10(9(8)20-12)15-4-3-7(13)14-11(15)17;10-5-1-2-12(9(16)11-5)8-7(15)6(14)4(3-13)17-8;1-5(2,3)4/h3-4,6,8-10,16H,5H2,1-2H3,(H2,13,14,17);1-2,4,6-8,13-15H,3H2,(H2,10,11,16);(H2,1,2,3,4)/t6-,8-,9-,10-;4-,6-,7-,8-;/m11./s1. The van der Waals surface area contributed by atoms with Crippen molar-refractivity contribution in [2.45, 2.75) is 68.7 Å². The number of anilines is 2. The van der Waals surface area contributed by atoms with Crippen LogP contribution in [0.3, 0.4) is 0 Å². The zero-order chi connectivity index (χ0) is 31.6. The molecule has 3 fully saturated rings. The Labute approximate surface area is 237 Å². The zero-order valence-corrected chi connectivity index (χ0v) is 23.0. The fraction of sp³-hybridized carbons (Fsp3) is 0.619. The molecular formula is C21H32N6O14S. The van der Waals surface area contributed by atoms with Crippen molar-refractivity contribution in [3.63, 3.8) is 0 Å². The average Bonchev–Trinajstić information content (AvgIpc) is 3.46. The first-order valence-electron chi connectivity index (χ1n) is 12.1. The van der Waals surface area contributed by atoms with Gasteiger partial charge in [-0.25, -0.2) is 9.59 Å². The van der Waals surface area contributed by atoms with Crippen molar-refractivity contribution in [1.29, 1.82) is 0 Å². The Bertz CT molecular complexity index is 1440. The molecule has 236 valence electrons. The molecule has 3 saturated heterocycles. The van der Waals surface area contributed by atoms with E-state index in [9.17, 15) is 24.9 Å². The number of nitrogens with two attached hydrogens (primary N) is 2. The Morgan fingerprint density at radius 3 is 1.69 bits per heavy atom. The Morgan fingerprint density at radius 2 is 1.26 bits per heavy atom. The Balaban J connectivity index is 0.000000201. The van der Waals surface area contributed by atoms with Gasteiger partial charge in [0.1, 0.15) is 48.3 Å². The first-order chi connectivity index (χ1) is 19.5. The fourth-order valence-electron chi connectivity index (χ4n) is 4.38. The molecule has 21 heteroatoms. The third-order valence-electron chi connectivity index (χ3n) is 6.07. The Hall–Kier alpha value is -3.09. The molecule has 3 aliphatic heterocycles. The van der Waals surface area contributed by atoms with Crippen LogP contribution in [-0.4, -0.2) is 113 Å². The summed E-state index contributed by atoms with van der Waals surface area (Å²) in [5, 5.41) is 37.5. The summed E-state index contributed by atoms with van der Waals surface area (Å²) in [6.45, 7) is 2.89. The Kier molecular flexibility index (Phi) is 10.4. The molecule has 0 spiro atoms. The summed E-state index contributed by atoms with van der Waals surface area (Å²) in [6.07, 6.45) is -3.91. The van der Waals surface area contributed by atoms with Crippen LogP contribution in [-0.2, 0) is 29.3 Å². The molecule has 8 atom stereocenters. The van der Waals surface area contributed by atoms with Crippen LogP contribution < -0.4 is 22.8 Å². The van der Waals surface area contributed by atoms with Crippen molar-refractivity contribution in [2.24, 2.45) is 0 Å². The molecule has 0 aromatic carbocycles. The summed E-state index contributed by atoms with van der Waals surface area (Å²) in [5.74, 6) is -0.586. The summed E-state index contributed by atoms with van der Waals surface area (Å²) in [5.41, 5.74) is 9.57. The van der Waals surface area contributed by atoms with Crippen LogP contribution in [0.15, 0.2) is 34.1 Å². The van der Waals surface area contributed by atoms with Gasteiger partial charge >= 0.3 is 21.8 Å². The van der Waals surface area contributed by atoms with E-state index in [0.717, 1.165) is 4.57 Å². The van der Waals surface area contributed by atoms with Crippen LogP contribution in [0.2, 0.25) is 0 Å². The number of rotatable bonds is 4. The molecule has 3 aliphatic rings. The monoisotopic (exact) mass is 624 g/mol. The van der Waals surface area contributed by atoms with Crippen LogP contribution in [0, 0.1) is 0 Å². The number of hydrogen-bond acceptors (Lipinski definition) is 16. The lowest BCUT2D eigenvalue weighted by Crippen LogP contribution is -2.36. The SMILES string of the molecule is CC1(C)O[C@@H]2[C@H](O1)[C@@H](CO)O[C@H]2n1ccc(N)nc1=O.Nc1ccn([C@@H]2O[C@H](CO)[C@@H](O)[C@H]2O)c(=O)n1.O=S(=O)(O)O. The molecule has 0 amide bonds. The molecule has 0 bridgehead atoms. The lowest BCUT2D eigenvalue weighted by Gasteiger charge is -2.24. The first-order valence-corrected chi connectivity index (χ1v) is 13.5. The van der Waals surface area contributed by atoms with Crippen molar-refractivity contribution < 1.29 is 56.9 Å². The third-order valence-corrected chi connectivity index (χ3v) is 6.07. The van der Waals surface area contributed by atoms with E-state index in [1.54, 1.807) is 13.8 Å². The van der Waals surface area contributed by atoms with Gasteiger partial charge in [-0.15, -0.1) is 0 Å². The zero-order valence-electron chi connectivity index (χ0n) is 22.1. The number of aromatic nitrogens is 4. The summed E-state index contributed by atoms with van der Waals surface area (Å²) in [6, 6.07) is 2.88. The highest BCUT2D eigenvalue weighted by Crippen LogP contribution is 2.42. The van der Waals surface area contributed by atoms with E-state index in [0.29, 0.717) is 0 Å². The molecule has 10 N–H and O–H groups in total. The second kappa shape index (κ2) is 13.0. The van der Waals surface area contributed by atoms with Crippen molar-refractivity contribution in [3.05, 3.63) is 45.5 Å². The predicted molar refractivity (Wildman–Crippen MR) is 138 cm³/mol. The van der Waals surface area contributed by atoms with Gasteiger partial charge < -0.3 is 50.8 Å². The highest BCUT2D eigenvalue weighted by Gasteiger charge is 2.55. The van der Waals surface area contributed by atoms with Crippen LogP contribution in [0.5, 0.6) is 0 Å². The van der Waals surface area contributed by atoms with E-state index in [-0.39, 0.29) is 18.2 Å². The molecular weight excluding hydrogens is 592 g/mol. The summed E-state index contributed by atoms with van der Waals surface area (Å²) in [4.78, 5) is 30.6. The van der Waals surface area contributed by atoms with E-state index in [1.807, 2.05) is 0 Å². The second-order valence-electron chi connectivity index (χ2n) is 9.57. The Morgan fingerprint density at radius 1 is 0.833 bits per heavy atom. The maximum absolute atomic E-state index is 11.9. The van der Waals surface area contributed by atoms with Gasteiger partial charge in [-0.1, -0.05) is 0 Å². The van der Waals surface area contributed by atoms with Gasteiger partial charge in [-0.2, -0.15) is 18.4 Å². The van der Waals surface area contributed by atoms with Crippen molar-refractivity contribution >= 4 is 22.0 Å². The molecule has 42 heavy (non-hydrogen) atoms. The molecule has 2 aromatic rings. The molecule has 20 nitrogen and oxygen atoms in total. The van der Waals surface area contributed by atoms with Crippen molar-refractivity contribution in [1.82, 2.24) is 19.1 Å². The summed E-state index contributed by atoms with van der Waals surface area (Å²) in [7, 11) is -4.67. The minimum Gasteiger partial charge on any atom is -0.394 e. The minimum absolute atomic E-state index is 0.0537. The molecule has 5 rings (SSSR count). The van der Waals surface area contributed by atoms with Crippen LogP contribution in [0.25, 0.3) is 0 Å². The molecule has 0 radical (unpaired) electrons. The van der Waals surface area contributed by atoms with Gasteiger partial charge in [0.05, 0.1) is 13.2 Å². The number of nitrogens with zero attached hydrogens (tertiary/aromatic N) is 4. The van der Waals surface area contributed by atoms with Gasteiger partial charge in [0.25, 0.3) is 0 Å². The topological polar surface area (TPSA) is 314 Å². The van der Waals surface area contributed by atoms with Crippen LogP contribution >= 0.6 is 0 Å². The minimum atomic E-state index is -4.67. The quantitative estimate of drug-likeness (QED) is 0.150. The van der Waals surface area contributed by atoms with Gasteiger partial charge in [-0.3, -0.25) is 18.2 Å². The lowest BCUT2D eigenvalue weighted by molar-refractivity contribution is -0.200. The lowest BCUT2D eigenvalue weighted by atomic mass is 10.1. The third kappa shape index (κ3) is 8.05. The van der Waals surface area contributed by atoms with E-state index >= 15 is 0 Å². The van der Waals surface area contributed by atoms with E-state index in [1.165, 1.54) is 29.1 Å². The van der Waals surface area contributed by atoms with Crippen molar-refractivity contribution in [3.8, 4) is 0 Å². The number of aliphatic hydroxyl groups is 4. The highest BCUT2D eigenvalue weighted by molar-refractivity contribution is 7.79. The maximum Gasteiger partial charge on any atom is 0.394 e. The van der Waals surface area contributed by atoms with Gasteiger partial charge in [0.2, 0.25) is 0 Å². The number of fused-ring (bicyclic) bond motifs is 1. The molecule has 2 aromatic heterocycles. The van der Waals surface area contributed by atoms with Crippen molar-refractivity contribution in [2.75, 3.05) is 24.7 Å². The normalized spacial score (nSPS) is 31.4. The number of aliphatic hydroxyl groups excluding tert-OH is 4. The smallest absolute Gasteiger partial charge is 0.394 e. The molecule has 0 saturated carbocycles. The number of ether oxygens (including phenoxy) is 4. The number of nitrogen functional groups attached to an aromatic ring is 2. The van der Waals surface area contributed by atoms with E-state index in [2.05, 4.69) is 9.97 Å². The summed E-state index contributed by atoms with van der Waals surface area (Å²) < 4.78 is 56.2. The fourth-order valence-corrected chi connectivity index (χ4v) is 4.38. The van der Waals surface area contributed by atoms with E-state index in [4.69, 9.17) is 53.0 Å². The highest BCUT2D eigenvalue weighted by atomic mass is 32.3. The average molecular weight is 625 g/mol. The largest absolute Gasteiger partial charge is 0.394 e. The van der Waals surface area contributed by atoms with Gasteiger partial charge in [-0.05, 0) is 26.0 Å². The second-order valence-corrected chi connectivity index (χ2v) is 10.5. The summed E-state index contributed by atoms with van der Waals surface area (Å²) >= 11 is 0. The molecule has 5 heterocycles. The van der Waals surface area contributed by atoms with Gasteiger partial charge in [0, 0.05) is 12.4 Å². The molecule has 0 aliphatic carbocycles. The van der Waals surface area contributed by atoms with Crippen LogP contribution in [0.4, 0.5) is 11.6 Å². The van der Waals surface area contributed by atoms with E-state index < -0.39 is 83.3 Å². The van der Waals surface area contributed by atoms with Gasteiger partial charge in [0.15, 0.2) is 18.2 Å². The van der Waals surface area contributed by atoms with Crippen LogP contribution in [0.1, 0.15) is 26.3 Å².